The minimum atomic E-state index is -3.36. The first kappa shape index (κ1) is 10.8. The monoisotopic (exact) mass is 266 g/mol. The predicted octanol–water partition coefficient (Wildman–Crippen LogP) is 3.65. The van der Waals surface area contributed by atoms with E-state index < -0.39 is 9.84 Å². The lowest BCUT2D eigenvalue weighted by atomic mass is 9.98. The molecule has 0 unspecified atom stereocenters. The van der Waals surface area contributed by atoms with Gasteiger partial charge >= 0.3 is 0 Å². The van der Waals surface area contributed by atoms with Crippen LogP contribution in [0.2, 0.25) is 0 Å². The van der Waals surface area contributed by atoms with Crippen molar-refractivity contribution in [2.45, 2.75) is 9.79 Å². The smallest absolute Gasteiger partial charge is 0.207 e. The lowest BCUT2D eigenvalue weighted by Gasteiger charge is -2.04. The van der Waals surface area contributed by atoms with E-state index in [9.17, 15) is 8.42 Å². The van der Waals surface area contributed by atoms with Gasteiger partial charge in [-0.15, -0.1) is 0 Å². The molecule has 19 heavy (non-hydrogen) atoms. The van der Waals surface area contributed by atoms with Crippen LogP contribution < -0.4 is 0 Å². The Labute approximate surface area is 111 Å². The largest absolute Gasteiger partial charge is 0.218 e. The molecule has 1 heterocycles. The molecule has 0 spiro atoms. The molecule has 0 aromatic heterocycles. The first-order chi connectivity index (χ1) is 9.19. The Bertz CT molecular complexity index is 924. The number of sulfone groups is 1. The van der Waals surface area contributed by atoms with Crippen molar-refractivity contribution in [2.75, 3.05) is 0 Å². The molecule has 4 rings (SSSR count). The van der Waals surface area contributed by atoms with Crippen molar-refractivity contribution in [1.82, 2.24) is 0 Å². The summed E-state index contributed by atoms with van der Waals surface area (Å²) >= 11 is 0. The van der Waals surface area contributed by atoms with E-state index in [1.807, 2.05) is 42.5 Å². The van der Waals surface area contributed by atoms with E-state index in [-0.39, 0.29) is 0 Å². The van der Waals surface area contributed by atoms with Gasteiger partial charge in [0, 0.05) is 11.1 Å². The quantitative estimate of drug-likeness (QED) is 0.487. The van der Waals surface area contributed by atoms with Crippen LogP contribution in [0.5, 0.6) is 0 Å². The summed E-state index contributed by atoms with van der Waals surface area (Å²) in [7, 11) is -3.36. The van der Waals surface area contributed by atoms with E-state index in [0.717, 1.165) is 21.9 Å². The molecule has 0 saturated carbocycles. The summed E-state index contributed by atoms with van der Waals surface area (Å²) in [4.78, 5) is 0.841. The van der Waals surface area contributed by atoms with Crippen LogP contribution in [-0.2, 0) is 9.84 Å². The molecule has 0 N–H and O–H groups in total. The molecule has 3 aromatic rings. The van der Waals surface area contributed by atoms with Crippen LogP contribution in [-0.4, -0.2) is 8.42 Å². The molecule has 0 radical (unpaired) electrons. The SMILES string of the molecule is O=S1(=O)c2ccccc2-c2c1ccc1ccccc21. The van der Waals surface area contributed by atoms with Gasteiger partial charge in [0.05, 0.1) is 9.79 Å². The van der Waals surface area contributed by atoms with Crippen LogP contribution in [0.3, 0.4) is 0 Å². The molecule has 0 atom stereocenters. The molecule has 0 fully saturated rings. The molecule has 0 aliphatic carbocycles. The Morgan fingerprint density at radius 2 is 1.42 bits per heavy atom. The summed E-state index contributed by atoms with van der Waals surface area (Å²) in [5, 5.41) is 2.06. The lowest BCUT2D eigenvalue weighted by Crippen LogP contribution is -1.96. The molecular weight excluding hydrogens is 256 g/mol. The number of fused-ring (bicyclic) bond motifs is 5. The van der Waals surface area contributed by atoms with E-state index in [4.69, 9.17) is 0 Å². The van der Waals surface area contributed by atoms with Gasteiger partial charge in [-0.1, -0.05) is 48.5 Å². The molecule has 0 bridgehead atoms. The molecule has 92 valence electrons. The van der Waals surface area contributed by atoms with E-state index in [1.165, 1.54) is 0 Å². The summed E-state index contributed by atoms with van der Waals surface area (Å²) in [5.74, 6) is 0. The van der Waals surface area contributed by atoms with Crippen LogP contribution in [0.4, 0.5) is 0 Å². The van der Waals surface area contributed by atoms with Gasteiger partial charge in [0.2, 0.25) is 9.84 Å². The van der Waals surface area contributed by atoms with Crippen molar-refractivity contribution in [3.63, 3.8) is 0 Å². The molecular formula is C16H10O2S. The highest BCUT2D eigenvalue weighted by Crippen LogP contribution is 2.46. The van der Waals surface area contributed by atoms with E-state index in [1.54, 1.807) is 18.2 Å². The maximum atomic E-state index is 12.5. The standard InChI is InChI=1S/C16H10O2S/c17-19(18)14-8-4-3-7-13(14)16-12-6-2-1-5-11(12)9-10-15(16)19/h1-10H. The number of hydrogen-bond acceptors (Lipinski definition) is 2. The Morgan fingerprint density at radius 1 is 0.684 bits per heavy atom. The van der Waals surface area contributed by atoms with Crippen LogP contribution >= 0.6 is 0 Å². The van der Waals surface area contributed by atoms with Gasteiger partial charge in [-0.3, -0.25) is 0 Å². The van der Waals surface area contributed by atoms with Gasteiger partial charge in [0.25, 0.3) is 0 Å². The Balaban J connectivity index is 2.29. The maximum Gasteiger partial charge on any atom is 0.207 e. The number of hydrogen-bond donors (Lipinski definition) is 0. The lowest BCUT2D eigenvalue weighted by molar-refractivity contribution is 0.599. The Morgan fingerprint density at radius 3 is 2.32 bits per heavy atom. The average molecular weight is 266 g/mol. The molecule has 0 saturated heterocycles. The van der Waals surface area contributed by atoms with Crippen LogP contribution in [0, 0.1) is 0 Å². The zero-order chi connectivity index (χ0) is 13.0. The average Bonchev–Trinajstić information content (AvgIpc) is 2.68. The highest BCUT2D eigenvalue weighted by molar-refractivity contribution is 7.92. The second kappa shape index (κ2) is 3.45. The maximum absolute atomic E-state index is 12.5. The van der Waals surface area contributed by atoms with Crippen molar-refractivity contribution in [3.05, 3.63) is 60.7 Å². The fourth-order valence-electron chi connectivity index (χ4n) is 2.78. The van der Waals surface area contributed by atoms with Crippen LogP contribution in [0.1, 0.15) is 0 Å². The predicted molar refractivity (Wildman–Crippen MR) is 74.8 cm³/mol. The second-order valence-electron chi connectivity index (χ2n) is 4.66. The topological polar surface area (TPSA) is 34.1 Å². The van der Waals surface area contributed by atoms with E-state index in [0.29, 0.717) is 9.79 Å². The fourth-order valence-corrected chi connectivity index (χ4v) is 4.47. The third-order valence-electron chi connectivity index (χ3n) is 3.63. The summed E-state index contributed by atoms with van der Waals surface area (Å²) in [6.45, 7) is 0. The molecule has 0 amide bonds. The summed E-state index contributed by atoms with van der Waals surface area (Å²) in [5.41, 5.74) is 1.66. The minimum Gasteiger partial charge on any atom is -0.218 e. The minimum absolute atomic E-state index is 0.418. The van der Waals surface area contributed by atoms with E-state index in [2.05, 4.69) is 0 Å². The first-order valence-corrected chi connectivity index (χ1v) is 7.54. The number of benzene rings is 3. The zero-order valence-electron chi connectivity index (χ0n) is 10.00. The van der Waals surface area contributed by atoms with Crippen molar-refractivity contribution in [3.8, 4) is 11.1 Å². The van der Waals surface area contributed by atoms with Gasteiger partial charge in [-0.05, 0) is 22.9 Å². The molecule has 1 aliphatic rings. The molecule has 3 heteroatoms. The third kappa shape index (κ3) is 1.28. The van der Waals surface area contributed by atoms with Crippen molar-refractivity contribution < 1.29 is 8.42 Å². The van der Waals surface area contributed by atoms with Gasteiger partial charge in [0.1, 0.15) is 0 Å². The summed E-state index contributed by atoms with van der Waals surface area (Å²) in [6, 6.07) is 18.7. The van der Waals surface area contributed by atoms with Gasteiger partial charge in [-0.2, -0.15) is 0 Å². The summed E-state index contributed by atoms with van der Waals surface area (Å²) < 4.78 is 25.0. The second-order valence-corrected chi connectivity index (χ2v) is 6.55. The van der Waals surface area contributed by atoms with Crippen LogP contribution in [0.25, 0.3) is 21.9 Å². The molecule has 3 aromatic carbocycles. The summed E-state index contributed by atoms with van der Waals surface area (Å²) in [6.07, 6.45) is 0. The Hall–Kier alpha value is -2.13. The van der Waals surface area contributed by atoms with E-state index >= 15 is 0 Å². The van der Waals surface area contributed by atoms with Crippen molar-refractivity contribution in [1.29, 1.82) is 0 Å². The molecule has 2 nitrogen and oxygen atoms in total. The van der Waals surface area contributed by atoms with Gasteiger partial charge in [-0.25, -0.2) is 8.42 Å². The van der Waals surface area contributed by atoms with Crippen LogP contribution in [0.15, 0.2) is 70.5 Å². The van der Waals surface area contributed by atoms with Gasteiger partial charge in [0.15, 0.2) is 0 Å². The Kier molecular flexibility index (Phi) is 1.96. The van der Waals surface area contributed by atoms with Gasteiger partial charge < -0.3 is 0 Å². The normalized spacial score (nSPS) is 15.2. The first-order valence-electron chi connectivity index (χ1n) is 6.06. The zero-order valence-corrected chi connectivity index (χ0v) is 10.8. The highest BCUT2D eigenvalue weighted by atomic mass is 32.2. The number of rotatable bonds is 0. The molecule has 1 aliphatic heterocycles. The third-order valence-corrected chi connectivity index (χ3v) is 5.48. The highest BCUT2D eigenvalue weighted by Gasteiger charge is 2.33. The van der Waals surface area contributed by atoms with Crippen molar-refractivity contribution >= 4 is 20.6 Å². The van der Waals surface area contributed by atoms with Crippen molar-refractivity contribution in [2.24, 2.45) is 0 Å². The fraction of sp³-hybridized carbons (Fsp3) is 0.